The predicted octanol–water partition coefficient (Wildman–Crippen LogP) is 2.71. The summed E-state index contributed by atoms with van der Waals surface area (Å²) >= 11 is 1.48. The standard InChI is InChI=1S/C17H20N4O2S/c1-11-10-12(2)20-17(19-11)24-15-6-4-14(5-7-15)21-16(23)8-9-18-13(3)22/h4-7,10H,8-9H2,1-3H3,(H,18,22)(H,21,23). The number of rotatable bonds is 6. The maximum atomic E-state index is 11.8. The molecule has 0 aliphatic carbocycles. The van der Waals surface area contributed by atoms with E-state index in [1.807, 2.05) is 44.2 Å². The van der Waals surface area contributed by atoms with Gasteiger partial charge in [-0.15, -0.1) is 0 Å². The number of nitrogens with one attached hydrogen (secondary N) is 2. The molecule has 0 aliphatic rings. The van der Waals surface area contributed by atoms with E-state index in [0.29, 0.717) is 17.4 Å². The van der Waals surface area contributed by atoms with Crippen LogP contribution in [0.3, 0.4) is 0 Å². The third kappa shape index (κ3) is 6.00. The van der Waals surface area contributed by atoms with Crippen LogP contribution in [0.1, 0.15) is 24.7 Å². The van der Waals surface area contributed by atoms with Gasteiger partial charge in [0, 0.05) is 41.9 Å². The Bertz CT molecular complexity index is 712. The van der Waals surface area contributed by atoms with Gasteiger partial charge in [-0.05, 0) is 55.9 Å². The number of hydrogen-bond donors (Lipinski definition) is 2. The van der Waals surface area contributed by atoms with E-state index in [4.69, 9.17) is 0 Å². The maximum Gasteiger partial charge on any atom is 0.226 e. The molecule has 0 fully saturated rings. The molecule has 0 saturated heterocycles. The van der Waals surface area contributed by atoms with Crippen LogP contribution in [0.15, 0.2) is 40.4 Å². The highest BCUT2D eigenvalue weighted by molar-refractivity contribution is 7.99. The van der Waals surface area contributed by atoms with Crippen LogP contribution in [0.4, 0.5) is 5.69 Å². The molecule has 2 N–H and O–H groups in total. The van der Waals surface area contributed by atoms with E-state index in [0.717, 1.165) is 16.3 Å². The lowest BCUT2D eigenvalue weighted by atomic mass is 10.3. The van der Waals surface area contributed by atoms with Crippen LogP contribution in [0.25, 0.3) is 0 Å². The molecule has 1 aromatic heterocycles. The molecule has 2 amide bonds. The van der Waals surface area contributed by atoms with Crippen LogP contribution in [0.2, 0.25) is 0 Å². The number of benzene rings is 1. The van der Waals surface area contributed by atoms with Gasteiger partial charge < -0.3 is 10.6 Å². The topological polar surface area (TPSA) is 84.0 Å². The number of anilines is 1. The van der Waals surface area contributed by atoms with Crippen molar-refractivity contribution in [2.45, 2.75) is 37.2 Å². The van der Waals surface area contributed by atoms with Gasteiger partial charge in [-0.1, -0.05) is 0 Å². The summed E-state index contributed by atoms with van der Waals surface area (Å²) in [5.74, 6) is -0.278. The summed E-state index contributed by atoms with van der Waals surface area (Å²) in [5, 5.41) is 6.09. The Morgan fingerprint density at radius 3 is 2.29 bits per heavy atom. The average molecular weight is 344 g/mol. The monoisotopic (exact) mass is 344 g/mol. The molecule has 0 atom stereocenters. The van der Waals surface area contributed by atoms with Crippen molar-refractivity contribution in [3.63, 3.8) is 0 Å². The number of hydrogen-bond acceptors (Lipinski definition) is 5. The summed E-state index contributed by atoms with van der Waals surface area (Å²) in [5.41, 5.74) is 2.59. The summed E-state index contributed by atoms with van der Waals surface area (Å²) in [6, 6.07) is 9.43. The Balaban J connectivity index is 1.90. The highest BCUT2D eigenvalue weighted by Gasteiger charge is 2.05. The molecular formula is C17H20N4O2S. The van der Waals surface area contributed by atoms with E-state index in [2.05, 4.69) is 20.6 Å². The van der Waals surface area contributed by atoms with Gasteiger partial charge in [-0.3, -0.25) is 9.59 Å². The number of amides is 2. The zero-order valence-corrected chi connectivity index (χ0v) is 14.7. The van der Waals surface area contributed by atoms with E-state index >= 15 is 0 Å². The van der Waals surface area contributed by atoms with Gasteiger partial charge in [0.05, 0.1) is 0 Å². The van der Waals surface area contributed by atoms with Crippen molar-refractivity contribution in [1.82, 2.24) is 15.3 Å². The number of carbonyl (C=O) groups excluding carboxylic acids is 2. The van der Waals surface area contributed by atoms with Gasteiger partial charge >= 0.3 is 0 Å². The summed E-state index contributed by atoms with van der Waals surface area (Å²) in [7, 11) is 0. The van der Waals surface area contributed by atoms with E-state index < -0.39 is 0 Å². The van der Waals surface area contributed by atoms with Crippen LogP contribution in [-0.4, -0.2) is 28.3 Å². The molecule has 0 saturated carbocycles. The quantitative estimate of drug-likeness (QED) is 0.787. The SMILES string of the molecule is CC(=O)NCCC(=O)Nc1ccc(Sc2nc(C)cc(C)n2)cc1. The Morgan fingerprint density at radius 1 is 1.08 bits per heavy atom. The van der Waals surface area contributed by atoms with Crippen LogP contribution < -0.4 is 10.6 Å². The first-order chi connectivity index (χ1) is 11.4. The van der Waals surface area contributed by atoms with Crippen molar-refractivity contribution in [3.8, 4) is 0 Å². The van der Waals surface area contributed by atoms with Gasteiger partial charge in [0.2, 0.25) is 11.8 Å². The molecular weight excluding hydrogens is 324 g/mol. The molecule has 2 rings (SSSR count). The Labute approximate surface area is 145 Å². The summed E-state index contributed by atoms with van der Waals surface area (Å²) in [6.07, 6.45) is 0.243. The van der Waals surface area contributed by atoms with Crippen molar-refractivity contribution in [3.05, 3.63) is 41.7 Å². The molecule has 2 aromatic rings. The molecule has 126 valence electrons. The maximum absolute atomic E-state index is 11.8. The second-order valence-corrected chi connectivity index (χ2v) is 6.38. The van der Waals surface area contributed by atoms with E-state index in [-0.39, 0.29) is 18.2 Å². The second-order valence-electron chi connectivity index (χ2n) is 5.34. The smallest absolute Gasteiger partial charge is 0.226 e. The fourth-order valence-corrected chi connectivity index (χ4v) is 2.89. The molecule has 0 radical (unpaired) electrons. The van der Waals surface area contributed by atoms with Gasteiger partial charge in [-0.2, -0.15) is 0 Å². The summed E-state index contributed by atoms with van der Waals surface area (Å²) in [6.45, 7) is 5.64. The van der Waals surface area contributed by atoms with Crippen LogP contribution in [-0.2, 0) is 9.59 Å². The molecule has 7 heteroatoms. The van der Waals surface area contributed by atoms with E-state index in [1.54, 1.807) is 0 Å². The first kappa shape index (κ1) is 17.9. The highest BCUT2D eigenvalue weighted by atomic mass is 32.2. The van der Waals surface area contributed by atoms with Crippen LogP contribution in [0, 0.1) is 13.8 Å². The second kappa shape index (κ2) is 8.44. The van der Waals surface area contributed by atoms with Gasteiger partial charge in [0.25, 0.3) is 0 Å². The molecule has 24 heavy (non-hydrogen) atoms. The molecule has 0 unspecified atom stereocenters. The first-order valence-electron chi connectivity index (χ1n) is 7.57. The molecule has 6 nitrogen and oxygen atoms in total. The average Bonchev–Trinajstić information content (AvgIpc) is 2.48. The fourth-order valence-electron chi connectivity index (χ4n) is 2.03. The minimum atomic E-state index is -0.141. The van der Waals surface area contributed by atoms with Crippen molar-refractivity contribution >= 4 is 29.3 Å². The van der Waals surface area contributed by atoms with Crippen molar-refractivity contribution < 1.29 is 9.59 Å². The van der Waals surface area contributed by atoms with Gasteiger partial charge in [0.1, 0.15) is 0 Å². The van der Waals surface area contributed by atoms with Crippen LogP contribution in [0.5, 0.6) is 0 Å². The molecule has 1 heterocycles. The number of aromatic nitrogens is 2. The van der Waals surface area contributed by atoms with Crippen molar-refractivity contribution in [2.75, 3.05) is 11.9 Å². The number of carbonyl (C=O) groups is 2. The highest BCUT2D eigenvalue weighted by Crippen LogP contribution is 2.26. The normalized spacial score (nSPS) is 10.3. The third-order valence-electron chi connectivity index (χ3n) is 3.03. The third-order valence-corrected chi connectivity index (χ3v) is 3.91. The number of aryl methyl sites for hydroxylation is 2. The molecule has 0 bridgehead atoms. The summed E-state index contributed by atoms with van der Waals surface area (Å²) in [4.78, 5) is 32.3. The first-order valence-corrected chi connectivity index (χ1v) is 8.38. The van der Waals surface area contributed by atoms with Crippen molar-refractivity contribution in [2.24, 2.45) is 0 Å². The van der Waals surface area contributed by atoms with E-state index in [9.17, 15) is 9.59 Å². The van der Waals surface area contributed by atoms with Gasteiger partial charge in [0.15, 0.2) is 5.16 Å². The van der Waals surface area contributed by atoms with Crippen molar-refractivity contribution in [1.29, 1.82) is 0 Å². The summed E-state index contributed by atoms with van der Waals surface area (Å²) < 4.78 is 0. The Kier molecular flexibility index (Phi) is 6.31. The molecule has 0 spiro atoms. The predicted molar refractivity (Wildman–Crippen MR) is 94.0 cm³/mol. The fraction of sp³-hybridized carbons (Fsp3) is 0.294. The lowest BCUT2D eigenvalue weighted by molar-refractivity contribution is -0.119. The Morgan fingerprint density at radius 2 is 1.71 bits per heavy atom. The largest absolute Gasteiger partial charge is 0.356 e. The number of nitrogens with zero attached hydrogens (tertiary/aromatic N) is 2. The lowest BCUT2D eigenvalue weighted by Gasteiger charge is -2.07. The lowest BCUT2D eigenvalue weighted by Crippen LogP contribution is -2.25. The van der Waals surface area contributed by atoms with Crippen LogP contribution >= 0.6 is 11.8 Å². The van der Waals surface area contributed by atoms with E-state index in [1.165, 1.54) is 18.7 Å². The molecule has 0 aliphatic heterocycles. The zero-order valence-electron chi connectivity index (χ0n) is 13.9. The molecule has 1 aromatic carbocycles. The Hall–Kier alpha value is -2.41. The minimum absolute atomic E-state index is 0.137. The minimum Gasteiger partial charge on any atom is -0.356 e. The zero-order chi connectivity index (χ0) is 17.5. The van der Waals surface area contributed by atoms with Gasteiger partial charge in [-0.25, -0.2) is 9.97 Å².